The summed E-state index contributed by atoms with van der Waals surface area (Å²) in [4.78, 5) is 0. The molecule has 0 amide bonds. The average molecular weight is 375 g/mol. The molecule has 1 aromatic heterocycles. The van der Waals surface area contributed by atoms with Crippen molar-refractivity contribution in [2.75, 3.05) is 6.54 Å². The Morgan fingerprint density at radius 1 is 1.39 bits per heavy atom. The fourth-order valence-corrected chi connectivity index (χ4v) is 2.44. The van der Waals surface area contributed by atoms with E-state index >= 15 is 0 Å². The van der Waals surface area contributed by atoms with E-state index in [1.165, 1.54) is 0 Å². The van der Waals surface area contributed by atoms with Gasteiger partial charge in [-0.25, -0.2) is 0 Å². The predicted octanol–water partition coefficient (Wildman–Crippen LogP) is 2.86. The summed E-state index contributed by atoms with van der Waals surface area (Å²) in [6, 6.07) is 5.99. The van der Waals surface area contributed by atoms with E-state index in [1.807, 2.05) is 25.1 Å². The van der Waals surface area contributed by atoms with Gasteiger partial charge in [-0.2, -0.15) is 4.68 Å². The minimum Gasteiger partial charge on any atom is -0.308 e. The first-order valence-corrected chi connectivity index (χ1v) is 7.19. The van der Waals surface area contributed by atoms with E-state index in [9.17, 15) is 0 Å². The maximum atomic E-state index is 4.09. The molecule has 18 heavy (non-hydrogen) atoms. The molecule has 5 nitrogen and oxygen atoms in total. The summed E-state index contributed by atoms with van der Waals surface area (Å²) in [5.41, 5.74) is 0.911. The summed E-state index contributed by atoms with van der Waals surface area (Å²) in [5.74, 6) is 0.788. The van der Waals surface area contributed by atoms with Gasteiger partial charge in [0.1, 0.15) is 0 Å². The second kappa shape index (κ2) is 5.90. The molecule has 0 saturated carbocycles. The van der Waals surface area contributed by atoms with E-state index in [4.69, 9.17) is 0 Å². The SMILES string of the molecule is CCNC(C)c1nnnn1-c1cc(Br)ccc1Br. The fourth-order valence-electron chi connectivity index (χ4n) is 1.68. The largest absolute Gasteiger partial charge is 0.308 e. The summed E-state index contributed by atoms with van der Waals surface area (Å²) in [6.45, 7) is 4.96. The lowest BCUT2D eigenvalue weighted by molar-refractivity contribution is 0.550. The number of rotatable bonds is 4. The van der Waals surface area contributed by atoms with Crippen LogP contribution in [0.15, 0.2) is 27.1 Å². The van der Waals surface area contributed by atoms with Gasteiger partial charge in [0.25, 0.3) is 0 Å². The number of aromatic nitrogens is 4. The number of halogens is 2. The molecule has 0 fully saturated rings. The van der Waals surface area contributed by atoms with E-state index < -0.39 is 0 Å². The van der Waals surface area contributed by atoms with Crippen LogP contribution in [0.25, 0.3) is 5.69 Å². The maximum absolute atomic E-state index is 4.09. The van der Waals surface area contributed by atoms with Gasteiger partial charge in [0.15, 0.2) is 5.82 Å². The zero-order chi connectivity index (χ0) is 13.1. The molecule has 0 aliphatic rings. The Morgan fingerprint density at radius 2 is 2.17 bits per heavy atom. The maximum Gasteiger partial charge on any atom is 0.173 e. The summed E-state index contributed by atoms with van der Waals surface area (Å²) in [5, 5.41) is 15.2. The zero-order valence-electron chi connectivity index (χ0n) is 10.1. The van der Waals surface area contributed by atoms with Crippen LogP contribution in [0.4, 0.5) is 0 Å². The van der Waals surface area contributed by atoms with E-state index in [1.54, 1.807) is 4.68 Å². The lowest BCUT2D eigenvalue weighted by Gasteiger charge is -2.13. The Morgan fingerprint density at radius 3 is 2.89 bits per heavy atom. The molecular weight excluding hydrogens is 362 g/mol. The lowest BCUT2D eigenvalue weighted by Crippen LogP contribution is -2.21. The van der Waals surface area contributed by atoms with Crippen LogP contribution < -0.4 is 5.32 Å². The van der Waals surface area contributed by atoms with Crippen LogP contribution in [0.3, 0.4) is 0 Å². The molecule has 96 valence electrons. The third-order valence-corrected chi connectivity index (χ3v) is 3.69. The van der Waals surface area contributed by atoms with Gasteiger partial charge in [-0.05, 0) is 58.0 Å². The molecule has 0 spiro atoms. The van der Waals surface area contributed by atoms with Crippen molar-refractivity contribution in [3.05, 3.63) is 33.0 Å². The summed E-state index contributed by atoms with van der Waals surface area (Å²) in [6.07, 6.45) is 0. The quantitative estimate of drug-likeness (QED) is 0.893. The normalized spacial score (nSPS) is 12.7. The number of hydrogen-bond acceptors (Lipinski definition) is 4. The van der Waals surface area contributed by atoms with E-state index in [0.29, 0.717) is 0 Å². The van der Waals surface area contributed by atoms with Gasteiger partial charge in [0.05, 0.1) is 11.7 Å². The Hall–Kier alpha value is -0.790. The number of nitrogens with one attached hydrogen (secondary N) is 1. The first kappa shape index (κ1) is 13.6. The zero-order valence-corrected chi connectivity index (χ0v) is 13.2. The minimum atomic E-state index is 0.0934. The number of tetrazole rings is 1. The number of hydrogen-bond donors (Lipinski definition) is 1. The molecule has 0 bridgehead atoms. The minimum absolute atomic E-state index is 0.0934. The molecular formula is C11H13Br2N5. The van der Waals surface area contributed by atoms with Crippen LogP contribution in [0.1, 0.15) is 25.7 Å². The molecule has 1 N–H and O–H groups in total. The van der Waals surface area contributed by atoms with E-state index in [0.717, 1.165) is 27.0 Å². The molecule has 0 aliphatic carbocycles. The van der Waals surface area contributed by atoms with E-state index in [-0.39, 0.29) is 6.04 Å². The molecule has 0 radical (unpaired) electrons. The molecule has 1 atom stereocenters. The summed E-state index contributed by atoms with van der Waals surface area (Å²) < 4.78 is 3.67. The van der Waals surface area contributed by atoms with Crippen molar-refractivity contribution >= 4 is 31.9 Å². The topological polar surface area (TPSA) is 55.6 Å². The van der Waals surface area contributed by atoms with Crippen LogP contribution in [0.2, 0.25) is 0 Å². The van der Waals surface area contributed by atoms with Gasteiger partial charge in [-0.3, -0.25) is 0 Å². The average Bonchev–Trinajstić information content (AvgIpc) is 2.81. The highest BCUT2D eigenvalue weighted by molar-refractivity contribution is 9.11. The number of nitrogens with zero attached hydrogens (tertiary/aromatic N) is 4. The standard InChI is InChI=1S/C11H13Br2N5/c1-3-14-7(2)11-15-16-17-18(11)10-6-8(12)4-5-9(10)13/h4-7,14H,3H2,1-2H3. The Kier molecular flexibility index (Phi) is 4.47. The predicted molar refractivity (Wildman–Crippen MR) is 76.6 cm³/mol. The van der Waals surface area contributed by atoms with Gasteiger partial charge < -0.3 is 5.32 Å². The van der Waals surface area contributed by atoms with Gasteiger partial charge in [0, 0.05) is 8.95 Å². The smallest absolute Gasteiger partial charge is 0.173 e. The Bertz CT molecular complexity index is 540. The van der Waals surface area contributed by atoms with Crippen molar-refractivity contribution in [3.63, 3.8) is 0 Å². The lowest BCUT2D eigenvalue weighted by atomic mass is 10.3. The van der Waals surface area contributed by atoms with Crippen LogP contribution in [-0.2, 0) is 0 Å². The van der Waals surface area contributed by atoms with Gasteiger partial charge >= 0.3 is 0 Å². The second-order valence-corrected chi connectivity index (χ2v) is 5.59. The highest BCUT2D eigenvalue weighted by atomic mass is 79.9. The monoisotopic (exact) mass is 373 g/mol. The molecule has 0 aliphatic heterocycles. The molecule has 1 heterocycles. The van der Waals surface area contributed by atoms with Crippen LogP contribution in [0.5, 0.6) is 0 Å². The molecule has 0 saturated heterocycles. The Balaban J connectivity index is 2.45. The highest BCUT2D eigenvalue weighted by Gasteiger charge is 2.16. The highest BCUT2D eigenvalue weighted by Crippen LogP contribution is 2.26. The second-order valence-electron chi connectivity index (χ2n) is 3.82. The van der Waals surface area contributed by atoms with Gasteiger partial charge in [0.2, 0.25) is 0 Å². The van der Waals surface area contributed by atoms with Crippen molar-refractivity contribution in [2.24, 2.45) is 0 Å². The van der Waals surface area contributed by atoms with Crippen molar-refractivity contribution in [1.29, 1.82) is 0 Å². The Labute approximate surface area is 122 Å². The third kappa shape index (κ3) is 2.78. The molecule has 2 aromatic rings. The van der Waals surface area contributed by atoms with Crippen molar-refractivity contribution in [1.82, 2.24) is 25.5 Å². The molecule has 7 heteroatoms. The molecule has 2 rings (SSSR count). The molecule has 1 unspecified atom stereocenters. The van der Waals surface area contributed by atoms with Crippen LogP contribution in [-0.4, -0.2) is 26.8 Å². The van der Waals surface area contributed by atoms with E-state index in [2.05, 4.69) is 59.6 Å². The van der Waals surface area contributed by atoms with Gasteiger partial charge in [-0.1, -0.05) is 22.9 Å². The number of benzene rings is 1. The van der Waals surface area contributed by atoms with Crippen LogP contribution in [0, 0.1) is 0 Å². The van der Waals surface area contributed by atoms with Gasteiger partial charge in [-0.15, -0.1) is 5.10 Å². The van der Waals surface area contributed by atoms with Crippen LogP contribution >= 0.6 is 31.9 Å². The summed E-state index contributed by atoms with van der Waals surface area (Å²) in [7, 11) is 0. The van der Waals surface area contributed by atoms with Crippen molar-refractivity contribution in [2.45, 2.75) is 19.9 Å². The first-order chi connectivity index (χ1) is 8.63. The van der Waals surface area contributed by atoms with Crippen molar-refractivity contribution < 1.29 is 0 Å². The third-order valence-electron chi connectivity index (χ3n) is 2.53. The first-order valence-electron chi connectivity index (χ1n) is 5.60. The molecule has 1 aromatic carbocycles. The van der Waals surface area contributed by atoms with Crippen molar-refractivity contribution in [3.8, 4) is 5.69 Å². The summed E-state index contributed by atoms with van der Waals surface area (Å²) >= 11 is 6.97. The fraction of sp³-hybridized carbons (Fsp3) is 0.364.